The SMILES string of the molecule is O=C(C1CCN(Cc2ccco2)CC1)N1CCC[C@H]1c1ccccn1. The van der Waals surface area contributed by atoms with Crippen molar-refractivity contribution in [3.8, 4) is 0 Å². The summed E-state index contributed by atoms with van der Waals surface area (Å²) in [6.45, 7) is 3.62. The summed E-state index contributed by atoms with van der Waals surface area (Å²) < 4.78 is 5.43. The molecule has 0 saturated carbocycles. The molecule has 4 heterocycles. The standard InChI is InChI=1S/C20H25N3O2/c24-20(23-11-3-7-19(23)18-6-1-2-10-21-18)16-8-12-22(13-9-16)15-17-5-4-14-25-17/h1-2,4-6,10,14,16,19H,3,7-9,11-13,15H2/t19-/m0/s1. The lowest BCUT2D eigenvalue weighted by Gasteiger charge is -2.34. The molecule has 0 bridgehead atoms. The molecule has 2 saturated heterocycles. The fraction of sp³-hybridized carbons (Fsp3) is 0.500. The lowest BCUT2D eigenvalue weighted by Crippen LogP contribution is -2.42. The number of carbonyl (C=O) groups is 1. The van der Waals surface area contributed by atoms with Crippen LogP contribution in [0, 0.1) is 5.92 Å². The summed E-state index contributed by atoms with van der Waals surface area (Å²) in [6.07, 6.45) is 7.51. The van der Waals surface area contributed by atoms with Crippen molar-refractivity contribution in [2.75, 3.05) is 19.6 Å². The van der Waals surface area contributed by atoms with Gasteiger partial charge >= 0.3 is 0 Å². The quantitative estimate of drug-likeness (QED) is 0.858. The zero-order valence-corrected chi connectivity index (χ0v) is 14.5. The van der Waals surface area contributed by atoms with Crippen LogP contribution in [0.5, 0.6) is 0 Å². The number of pyridine rings is 1. The van der Waals surface area contributed by atoms with Gasteiger partial charge in [0.25, 0.3) is 0 Å². The summed E-state index contributed by atoms with van der Waals surface area (Å²) in [5.74, 6) is 1.47. The molecule has 0 unspecified atom stereocenters. The van der Waals surface area contributed by atoms with E-state index in [0.717, 1.165) is 63.3 Å². The Labute approximate surface area is 148 Å². The number of hydrogen-bond donors (Lipinski definition) is 0. The number of likely N-dealkylation sites (tertiary alicyclic amines) is 2. The van der Waals surface area contributed by atoms with Crippen LogP contribution in [0.25, 0.3) is 0 Å². The molecule has 2 aliphatic heterocycles. The highest BCUT2D eigenvalue weighted by molar-refractivity contribution is 5.79. The minimum atomic E-state index is 0.150. The van der Waals surface area contributed by atoms with Crippen molar-refractivity contribution in [1.29, 1.82) is 0 Å². The summed E-state index contributed by atoms with van der Waals surface area (Å²) in [6, 6.07) is 10.1. The van der Waals surface area contributed by atoms with Gasteiger partial charge in [0, 0.05) is 18.7 Å². The van der Waals surface area contributed by atoms with E-state index in [1.54, 1.807) is 6.26 Å². The Morgan fingerprint density at radius 1 is 1.12 bits per heavy atom. The molecule has 1 atom stereocenters. The summed E-state index contributed by atoms with van der Waals surface area (Å²) in [5, 5.41) is 0. The van der Waals surface area contributed by atoms with E-state index in [0.29, 0.717) is 5.91 Å². The molecule has 25 heavy (non-hydrogen) atoms. The second-order valence-electron chi connectivity index (χ2n) is 7.07. The van der Waals surface area contributed by atoms with Gasteiger partial charge in [-0.3, -0.25) is 14.7 Å². The molecule has 132 valence electrons. The third-order valence-electron chi connectivity index (χ3n) is 5.46. The van der Waals surface area contributed by atoms with Crippen molar-refractivity contribution < 1.29 is 9.21 Å². The van der Waals surface area contributed by atoms with E-state index >= 15 is 0 Å². The molecule has 0 aliphatic carbocycles. The maximum atomic E-state index is 13.1. The zero-order chi connectivity index (χ0) is 17.1. The first kappa shape index (κ1) is 16.3. The first-order chi connectivity index (χ1) is 12.3. The van der Waals surface area contributed by atoms with Crippen LogP contribution in [0.4, 0.5) is 0 Å². The van der Waals surface area contributed by atoms with E-state index in [9.17, 15) is 4.79 Å². The van der Waals surface area contributed by atoms with Crippen molar-refractivity contribution >= 4 is 5.91 Å². The maximum Gasteiger partial charge on any atom is 0.226 e. The number of hydrogen-bond acceptors (Lipinski definition) is 4. The Kier molecular flexibility index (Phi) is 4.83. The van der Waals surface area contributed by atoms with Crippen molar-refractivity contribution in [1.82, 2.24) is 14.8 Å². The average Bonchev–Trinajstić information content (AvgIpc) is 3.34. The van der Waals surface area contributed by atoms with E-state index < -0.39 is 0 Å². The molecule has 1 amide bonds. The van der Waals surface area contributed by atoms with Crippen LogP contribution in [0.1, 0.15) is 43.2 Å². The Morgan fingerprint density at radius 3 is 2.72 bits per heavy atom. The molecule has 2 fully saturated rings. The molecule has 2 aliphatic rings. The van der Waals surface area contributed by atoms with Gasteiger partial charge in [0.2, 0.25) is 5.91 Å². The van der Waals surface area contributed by atoms with Crippen LogP contribution < -0.4 is 0 Å². The van der Waals surface area contributed by atoms with Crippen LogP contribution in [0.2, 0.25) is 0 Å². The van der Waals surface area contributed by atoms with Gasteiger partial charge in [-0.15, -0.1) is 0 Å². The molecular formula is C20H25N3O2. The summed E-state index contributed by atoms with van der Waals surface area (Å²) >= 11 is 0. The highest BCUT2D eigenvalue weighted by Crippen LogP contribution is 2.33. The number of aromatic nitrogens is 1. The van der Waals surface area contributed by atoms with Crippen molar-refractivity contribution in [3.05, 3.63) is 54.2 Å². The third-order valence-corrected chi connectivity index (χ3v) is 5.46. The topological polar surface area (TPSA) is 49.6 Å². The lowest BCUT2D eigenvalue weighted by molar-refractivity contribution is -0.138. The van der Waals surface area contributed by atoms with E-state index in [1.807, 2.05) is 36.5 Å². The molecule has 0 N–H and O–H groups in total. The third kappa shape index (κ3) is 3.61. The van der Waals surface area contributed by atoms with Crippen molar-refractivity contribution in [2.24, 2.45) is 5.92 Å². The number of amides is 1. The first-order valence-corrected chi connectivity index (χ1v) is 9.27. The Hall–Kier alpha value is -2.14. The van der Waals surface area contributed by atoms with E-state index in [4.69, 9.17) is 4.42 Å². The lowest BCUT2D eigenvalue weighted by atomic mass is 9.94. The summed E-state index contributed by atoms with van der Waals surface area (Å²) in [7, 11) is 0. The monoisotopic (exact) mass is 339 g/mol. The number of carbonyl (C=O) groups excluding carboxylic acids is 1. The largest absolute Gasteiger partial charge is 0.468 e. The first-order valence-electron chi connectivity index (χ1n) is 9.27. The summed E-state index contributed by atoms with van der Waals surface area (Å²) in [4.78, 5) is 22.0. The maximum absolute atomic E-state index is 13.1. The molecule has 2 aromatic heterocycles. The number of nitrogens with zero attached hydrogens (tertiary/aromatic N) is 3. The smallest absolute Gasteiger partial charge is 0.226 e. The highest BCUT2D eigenvalue weighted by atomic mass is 16.3. The zero-order valence-electron chi connectivity index (χ0n) is 14.5. The fourth-order valence-corrected chi connectivity index (χ4v) is 4.11. The van der Waals surface area contributed by atoms with E-state index in [1.165, 1.54) is 0 Å². The minimum absolute atomic E-state index is 0.150. The van der Waals surface area contributed by atoms with Crippen LogP contribution in [0.15, 0.2) is 47.2 Å². The van der Waals surface area contributed by atoms with Crippen molar-refractivity contribution in [2.45, 2.75) is 38.3 Å². The number of piperidine rings is 1. The van der Waals surface area contributed by atoms with Gasteiger partial charge in [0.05, 0.1) is 24.5 Å². The second kappa shape index (κ2) is 7.40. The average molecular weight is 339 g/mol. The van der Waals surface area contributed by atoms with Gasteiger partial charge in [-0.1, -0.05) is 6.07 Å². The molecule has 0 spiro atoms. The van der Waals surface area contributed by atoms with Gasteiger partial charge in [0.1, 0.15) is 5.76 Å². The van der Waals surface area contributed by atoms with Crippen LogP contribution in [0.3, 0.4) is 0 Å². The Balaban J connectivity index is 1.35. The van der Waals surface area contributed by atoms with Gasteiger partial charge < -0.3 is 9.32 Å². The van der Waals surface area contributed by atoms with Gasteiger partial charge in [0.15, 0.2) is 0 Å². The highest BCUT2D eigenvalue weighted by Gasteiger charge is 2.35. The molecule has 0 radical (unpaired) electrons. The Bertz CT molecular complexity index is 678. The summed E-state index contributed by atoms with van der Waals surface area (Å²) in [5.41, 5.74) is 1.03. The van der Waals surface area contributed by atoms with Gasteiger partial charge in [-0.25, -0.2) is 0 Å². The molecular weight excluding hydrogens is 314 g/mol. The predicted molar refractivity (Wildman–Crippen MR) is 94.6 cm³/mol. The van der Waals surface area contributed by atoms with Gasteiger partial charge in [-0.2, -0.15) is 0 Å². The molecule has 5 nitrogen and oxygen atoms in total. The number of furan rings is 1. The number of rotatable bonds is 4. The minimum Gasteiger partial charge on any atom is -0.468 e. The predicted octanol–water partition coefficient (Wildman–Crippen LogP) is 3.25. The molecule has 2 aromatic rings. The van der Waals surface area contributed by atoms with E-state index in [-0.39, 0.29) is 12.0 Å². The van der Waals surface area contributed by atoms with Crippen molar-refractivity contribution in [3.63, 3.8) is 0 Å². The molecule has 0 aromatic carbocycles. The Morgan fingerprint density at radius 2 is 2.00 bits per heavy atom. The molecule has 5 heteroatoms. The van der Waals surface area contributed by atoms with Crippen LogP contribution in [-0.2, 0) is 11.3 Å². The normalized spacial score (nSPS) is 22.4. The molecule has 4 rings (SSSR count). The second-order valence-corrected chi connectivity index (χ2v) is 7.07. The van der Waals surface area contributed by atoms with Crippen LogP contribution >= 0.6 is 0 Å². The van der Waals surface area contributed by atoms with E-state index in [2.05, 4.69) is 14.8 Å². The van der Waals surface area contributed by atoms with Crippen LogP contribution in [-0.4, -0.2) is 40.3 Å². The fourth-order valence-electron chi connectivity index (χ4n) is 4.11. The van der Waals surface area contributed by atoms with Gasteiger partial charge in [-0.05, 0) is 63.0 Å².